The van der Waals surface area contributed by atoms with E-state index in [2.05, 4.69) is 32.2 Å². The first-order chi connectivity index (χ1) is 18.4. The molecule has 2 heterocycles. The molecule has 0 aliphatic carbocycles. The molecule has 11 heteroatoms. The van der Waals surface area contributed by atoms with Crippen molar-refractivity contribution in [1.82, 2.24) is 9.88 Å². The number of nitro benzene ring substituents is 2. The summed E-state index contributed by atoms with van der Waals surface area (Å²) in [5.41, 5.74) is 1.99. The number of hydrogen-bond acceptors (Lipinski definition) is 8. The van der Waals surface area contributed by atoms with E-state index in [1.54, 1.807) is 6.20 Å². The summed E-state index contributed by atoms with van der Waals surface area (Å²) in [5, 5.41) is 26.2. The van der Waals surface area contributed by atoms with Crippen LogP contribution in [0.4, 0.5) is 22.7 Å². The largest absolute Gasteiger partial charge is 0.367 e. The smallest absolute Gasteiger partial charge is 0.277 e. The Kier molecular flexibility index (Phi) is 6.92. The summed E-state index contributed by atoms with van der Waals surface area (Å²) < 4.78 is 0. The Hall–Kier alpha value is -4.90. The second-order valence-corrected chi connectivity index (χ2v) is 8.99. The van der Waals surface area contributed by atoms with Gasteiger partial charge in [0, 0.05) is 50.2 Å². The lowest BCUT2D eigenvalue weighted by molar-refractivity contribution is -0.394. The summed E-state index contributed by atoms with van der Waals surface area (Å²) in [4.78, 5) is 43.3. The minimum absolute atomic E-state index is 0.183. The van der Waals surface area contributed by atoms with Crippen LogP contribution in [-0.4, -0.2) is 51.8 Å². The molecule has 0 radical (unpaired) electrons. The Balaban J connectivity index is 1.43. The number of nitro groups is 2. The number of anilines is 2. The average Bonchev–Trinajstić information content (AvgIpc) is 2.93. The zero-order valence-corrected chi connectivity index (χ0v) is 20.3. The van der Waals surface area contributed by atoms with Gasteiger partial charge in [-0.2, -0.15) is 0 Å². The zero-order chi connectivity index (χ0) is 26.6. The number of piperazine rings is 1. The van der Waals surface area contributed by atoms with Crippen molar-refractivity contribution in [3.05, 3.63) is 110 Å². The Morgan fingerprint density at radius 2 is 1.50 bits per heavy atom. The van der Waals surface area contributed by atoms with Crippen LogP contribution in [0.15, 0.2) is 79.0 Å². The molecule has 11 nitrogen and oxygen atoms in total. The van der Waals surface area contributed by atoms with Crippen LogP contribution in [0, 0.1) is 20.2 Å². The number of aromatic nitrogens is 1. The van der Waals surface area contributed by atoms with Gasteiger partial charge in [-0.1, -0.05) is 48.5 Å². The number of benzene rings is 3. The number of pyridine rings is 1. The highest BCUT2D eigenvalue weighted by Crippen LogP contribution is 2.35. The molecule has 1 saturated heterocycles. The van der Waals surface area contributed by atoms with Gasteiger partial charge in [-0.3, -0.25) is 34.9 Å². The molecule has 38 heavy (non-hydrogen) atoms. The molecule has 192 valence electrons. The van der Waals surface area contributed by atoms with E-state index in [-0.39, 0.29) is 5.56 Å². The van der Waals surface area contributed by atoms with Crippen LogP contribution in [0.3, 0.4) is 0 Å². The van der Waals surface area contributed by atoms with Gasteiger partial charge in [-0.05, 0) is 11.6 Å². The maximum Gasteiger partial charge on any atom is 0.277 e. The maximum absolute atomic E-state index is 13.2. The topological polar surface area (TPSA) is 135 Å². The van der Waals surface area contributed by atoms with Crippen molar-refractivity contribution in [2.24, 2.45) is 0 Å². The molecule has 0 unspecified atom stereocenters. The quantitative estimate of drug-likeness (QED) is 0.280. The highest BCUT2D eigenvalue weighted by Gasteiger charge is 2.24. The molecular formula is C27H24N6O5. The number of amides is 1. The predicted molar refractivity (Wildman–Crippen MR) is 143 cm³/mol. The van der Waals surface area contributed by atoms with Crippen LogP contribution in [0.1, 0.15) is 15.9 Å². The van der Waals surface area contributed by atoms with Gasteiger partial charge in [-0.25, -0.2) is 0 Å². The van der Waals surface area contributed by atoms with Gasteiger partial charge < -0.3 is 10.2 Å². The molecule has 5 rings (SSSR count). The van der Waals surface area contributed by atoms with Crippen molar-refractivity contribution in [1.29, 1.82) is 0 Å². The van der Waals surface area contributed by atoms with Gasteiger partial charge in [0.25, 0.3) is 17.3 Å². The van der Waals surface area contributed by atoms with E-state index < -0.39 is 27.1 Å². The van der Waals surface area contributed by atoms with Crippen molar-refractivity contribution >= 4 is 39.6 Å². The van der Waals surface area contributed by atoms with Crippen LogP contribution in [0.5, 0.6) is 0 Å². The summed E-state index contributed by atoms with van der Waals surface area (Å²) in [6.45, 7) is 3.91. The maximum atomic E-state index is 13.2. The van der Waals surface area contributed by atoms with E-state index in [4.69, 9.17) is 0 Å². The Bertz CT molecular complexity index is 1490. The van der Waals surface area contributed by atoms with E-state index >= 15 is 0 Å². The number of rotatable bonds is 7. The first kappa shape index (κ1) is 24.8. The third-order valence-electron chi connectivity index (χ3n) is 6.52. The highest BCUT2D eigenvalue weighted by molar-refractivity contribution is 6.09. The van der Waals surface area contributed by atoms with Gasteiger partial charge in [-0.15, -0.1) is 0 Å². The molecule has 1 N–H and O–H groups in total. The molecule has 1 amide bonds. The normalized spacial score (nSPS) is 13.8. The van der Waals surface area contributed by atoms with Gasteiger partial charge in [0.1, 0.15) is 0 Å². The lowest BCUT2D eigenvalue weighted by Crippen LogP contribution is -2.46. The van der Waals surface area contributed by atoms with Crippen molar-refractivity contribution in [2.75, 3.05) is 36.4 Å². The predicted octanol–water partition coefficient (Wildman–Crippen LogP) is 4.63. The molecule has 0 spiro atoms. The van der Waals surface area contributed by atoms with Crippen LogP contribution in [-0.2, 0) is 6.54 Å². The molecule has 4 aromatic rings. The monoisotopic (exact) mass is 512 g/mol. The molecule has 1 aromatic heterocycles. The van der Waals surface area contributed by atoms with Crippen LogP contribution in [0.25, 0.3) is 10.9 Å². The van der Waals surface area contributed by atoms with Crippen molar-refractivity contribution in [2.45, 2.75) is 6.54 Å². The Morgan fingerprint density at radius 3 is 2.16 bits per heavy atom. The number of carbonyl (C=O) groups excluding carboxylic acids is 1. The summed E-state index contributed by atoms with van der Waals surface area (Å²) in [6, 6.07) is 20.8. The minimum Gasteiger partial charge on any atom is -0.367 e. The molecule has 0 saturated carbocycles. The summed E-state index contributed by atoms with van der Waals surface area (Å²) in [6.07, 6.45) is 1.55. The molecule has 1 fully saturated rings. The van der Waals surface area contributed by atoms with Gasteiger partial charge in [0.05, 0.1) is 44.6 Å². The first-order valence-electron chi connectivity index (χ1n) is 12.0. The average molecular weight is 513 g/mol. The molecule has 0 bridgehead atoms. The second-order valence-electron chi connectivity index (χ2n) is 8.99. The molecular weight excluding hydrogens is 488 g/mol. The van der Waals surface area contributed by atoms with Gasteiger partial charge in [0.2, 0.25) is 0 Å². The third-order valence-corrected chi connectivity index (χ3v) is 6.52. The lowest BCUT2D eigenvalue weighted by atomic mass is 10.1. The van der Waals surface area contributed by atoms with E-state index in [0.29, 0.717) is 18.8 Å². The zero-order valence-electron chi connectivity index (χ0n) is 20.3. The van der Waals surface area contributed by atoms with E-state index in [0.717, 1.165) is 54.4 Å². The fraction of sp³-hybridized carbons (Fsp3) is 0.185. The first-order valence-corrected chi connectivity index (χ1v) is 12.0. The molecule has 3 aromatic carbocycles. The van der Waals surface area contributed by atoms with Crippen molar-refractivity contribution in [3.8, 4) is 0 Å². The van der Waals surface area contributed by atoms with Gasteiger partial charge in [0.15, 0.2) is 0 Å². The van der Waals surface area contributed by atoms with E-state index in [1.807, 2.05) is 42.5 Å². The van der Waals surface area contributed by atoms with Crippen molar-refractivity contribution < 1.29 is 14.6 Å². The van der Waals surface area contributed by atoms with Crippen LogP contribution in [0.2, 0.25) is 0 Å². The number of non-ortho nitro benzene ring substituents is 2. The highest BCUT2D eigenvalue weighted by atomic mass is 16.6. The number of hydrogen-bond donors (Lipinski definition) is 1. The standard InChI is InChI=1S/C27H24N6O5/c34-27(20-14-21(32(35)36)16-22(15-20)33(37)38)29-25-17-28-24-9-5-4-8-23(24)26(25)31-12-10-30(11-13-31)18-19-6-2-1-3-7-19/h1-9,14-17H,10-13,18H2,(H,29,34). The Morgan fingerprint density at radius 1 is 0.868 bits per heavy atom. The van der Waals surface area contributed by atoms with E-state index in [1.165, 1.54) is 5.56 Å². The number of carbonyl (C=O) groups is 1. The summed E-state index contributed by atoms with van der Waals surface area (Å²) >= 11 is 0. The number of nitrogens with one attached hydrogen (secondary N) is 1. The number of para-hydroxylation sites is 1. The fourth-order valence-electron chi connectivity index (χ4n) is 4.66. The van der Waals surface area contributed by atoms with Crippen LogP contribution < -0.4 is 10.2 Å². The van der Waals surface area contributed by atoms with Gasteiger partial charge >= 0.3 is 0 Å². The Labute approximate surface area is 217 Å². The molecule has 0 atom stereocenters. The summed E-state index contributed by atoms with van der Waals surface area (Å²) in [5.74, 6) is -0.696. The second kappa shape index (κ2) is 10.6. The van der Waals surface area contributed by atoms with Crippen LogP contribution >= 0.6 is 0 Å². The summed E-state index contributed by atoms with van der Waals surface area (Å²) in [7, 11) is 0. The molecule has 1 aliphatic heterocycles. The lowest BCUT2D eigenvalue weighted by Gasteiger charge is -2.37. The third kappa shape index (κ3) is 5.27. The van der Waals surface area contributed by atoms with Crippen molar-refractivity contribution in [3.63, 3.8) is 0 Å². The minimum atomic E-state index is -0.762. The number of fused-ring (bicyclic) bond motifs is 1. The SMILES string of the molecule is O=C(Nc1cnc2ccccc2c1N1CCN(Cc2ccccc2)CC1)c1cc([N+](=O)[O-])cc([N+](=O)[O-])c1. The fourth-order valence-corrected chi connectivity index (χ4v) is 4.66. The number of nitrogens with zero attached hydrogens (tertiary/aromatic N) is 5. The van der Waals surface area contributed by atoms with E-state index in [9.17, 15) is 25.0 Å². The molecule has 1 aliphatic rings.